The Balaban J connectivity index is 2.38. The first kappa shape index (κ1) is 35.4. The summed E-state index contributed by atoms with van der Waals surface area (Å²) in [7, 11) is -2.07. The van der Waals surface area contributed by atoms with Crippen molar-refractivity contribution in [3.63, 3.8) is 0 Å². The number of hydrogen-bond donors (Lipinski definition) is 2. The molecule has 3 aromatic rings. The van der Waals surface area contributed by atoms with Crippen molar-refractivity contribution >= 4 is 37.3 Å². The zero-order valence-corrected chi connectivity index (χ0v) is 27.7. The highest BCUT2D eigenvalue weighted by molar-refractivity contribution is 7.90. The van der Waals surface area contributed by atoms with E-state index in [9.17, 15) is 32.3 Å². The lowest BCUT2D eigenvalue weighted by molar-refractivity contribution is -0.129. The van der Waals surface area contributed by atoms with Gasteiger partial charge < -0.3 is 24.6 Å². The second-order valence-electron chi connectivity index (χ2n) is 11.2. The third kappa shape index (κ3) is 7.57. The molecular formula is C29H40FN3O9S2. The summed E-state index contributed by atoms with van der Waals surface area (Å²) >= 11 is 0.961. The molecule has 1 amide bonds. The van der Waals surface area contributed by atoms with Crippen LogP contribution in [0.5, 0.6) is 5.75 Å². The van der Waals surface area contributed by atoms with Gasteiger partial charge >= 0.3 is 5.69 Å². The highest BCUT2D eigenvalue weighted by Crippen LogP contribution is 2.36. The normalized spacial score (nSPS) is 13.8. The molecule has 0 saturated carbocycles. The van der Waals surface area contributed by atoms with Crippen LogP contribution < -0.4 is 21.3 Å². The molecule has 244 valence electrons. The number of nitrogens with zero attached hydrogens (tertiary/aromatic N) is 2. The molecule has 0 aliphatic heterocycles. The van der Waals surface area contributed by atoms with Gasteiger partial charge in [-0.3, -0.25) is 14.2 Å². The summed E-state index contributed by atoms with van der Waals surface area (Å²) in [5.41, 5.74) is -2.72. The van der Waals surface area contributed by atoms with E-state index in [1.165, 1.54) is 37.7 Å². The van der Waals surface area contributed by atoms with E-state index >= 15 is 0 Å². The lowest BCUT2D eigenvalue weighted by Gasteiger charge is -2.28. The van der Waals surface area contributed by atoms with Crippen LogP contribution in [0.25, 0.3) is 10.2 Å². The Kier molecular flexibility index (Phi) is 11.2. The number of carbonyl (C=O) groups excluding carboxylic acids is 1. The number of carbonyl (C=O) groups is 1. The number of benzene rings is 1. The number of amides is 1. The number of rotatable bonds is 14. The fourth-order valence-electron chi connectivity index (χ4n) is 4.73. The molecule has 3 rings (SSSR count). The summed E-state index contributed by atoms with van der Waals surface area (Å²) in [6.45, 7) is 9.22. The molecule has 2 heterocycles. The molecule has 2 aromatic heterocycles. The minimum atomic E-state index is -3.44. The fourth-order valence-corrected chi connectivity index (χ4v) is 6.37. The van der Waals surface area contributed by atoms with E-state index in [0.717, 1.165) is 28.2 Å². The summed E-state index contributed by atoms with van der Waals surface area (Å²) in [6.07, 6.45) is -1.48. The standard InChI is InChI=1S/C29H40FN3O9S2/c1-9-41-26(35)23-17(4)22-24(34)33(29(5,6)27(36)31-16(2)3)28(37)32(25(22)43-23)15-21(42-12-13-44(8,38)39)19-14-18(30)10-11-20(19)40-7/h10-11,14,16,21,26,35H,9,12-13,15H2,1-8H3,(H,31,36)/t21-,26?/m0/s1. The number of fused-ring (bicyclic) bond motifs is 1. The van der Waals surface area contributed by atoms with Gasteiger partial charge in [-0.1, -0.05) is 0 Å². The number of aromatic nitrogens is 2. The summed E-state index contributed by atoms with van der Waals surface area (Å²) in [6, 6.07) is 3.43. The maximum Gasteiger partial charge on any atom is 0.333 e. The number of aliphatic hydroxyl groups excluding tert-OH is 1. The number of methoxy groups -OCH3 is 1. The Morgan fingerprint density at radius 2 is 1.86 bits per heavy atom. The van der Waals surface area contributed by atoms with Crippen molar-refractivity contribution in [2.45, 2.75) is 72.1 Å². The summed E-state index contributed by atoms with van der Waals surface area (Å²) in [5, 5.41) is 13.5. The highest BCUT2D eigenvalue weighted by Gasteiger charge is 2.36. The van der Waals surface area contributed by atoms with Gasteiger partial charge in [-0.15, -0.1) is 11.3 Å². The number of ether oxygens (including phenoxy) is 3. The molecule has 1 unspecified atom stereocenters. The zero-order valence-electron chi connectivity index (χ0n) is 26.1. The molecule has 0 saturated heterocycles. The van der Waals surface area contributed by atoms with E-state index in [4.69, 9.17) is 14.2 Å². The molecule has 0 bridgehead atoms. The largest absolute Gasteiger partial charge is 0.496 e. The summed E-state index contributed by atoms with van der Waals surface area (Å²) < 4.78 is 57.1. The second kappa shape index (κ2) is 13.9. The maximum absolute atomic E-state index is 14.5. The van der Waals surface area contributed by atoms with Crippen molar-refractivity contribution in [1.82, 2.24) is 14.5 Å². The fraction of sp³-hybridized carbons (Fsp3) is 0.552. The highest BCUT2D eigenvalue weighted by atomic mass is 32.2. The number of halogens is 1. The Morgan fingerprint density at radius 1 is 1.20 bits per heavy atom. The Hall–Kier alpha value is -3.11. The van der Waals surface area contributed by atoms with E-state index in [0.29, 0.717) is 5.56 Å². The lowest BCUT2D eigenvalue weighted by Crippen LogP contribution is -2.56. The van der Waals surface area contributed by atoms with Gasteiger partial charge in [-0.2, -0.15) is 0 Å². The van der Waals surface area contributed by atoms with E-state index in [-0.39, 0.29) is 58.0 Å². The first-order valence-electron chi connectivity index (χ1n) is 14.0. The number of aryl methyl sites for hydroxylation is 1. The number of nitrogens with one attached hydrogen (secondary N) is 1. The van der Waals surface area contributed by atoms with Crippen molar-refractivity contribution in [1.29, 1.82) is 0 Å². The number of sulfone groups is 1. The van der Waals surface area contributed by atoms with Crippen molar-refractivity contribution in [2.75, 3.05) is 32.3 Å². The van der Waals surface area contributed by atoms with E-state index in [2.05, 4.69) is 5.32 Å². The Morgan fingerprint density at radius 3 is 2.43 bits per heavy atom. The third-order valence-corrected chi connectivity index (χ3v) is 9.25. The predicted octanol–water partition coefficient (Wildman–Crippen LogP) is 2.77. The molecule has 2 N–H and O–H groups in total. The molecule has 15 heteroatoms. The molecule has 0 fully saturated rings. The lowest BCUT2D eigenvalue weighted by atomic mass is 10.0. The molecular weight excluding hydrogens is 617 g/mol. The number of aliphatic hydroxyl groups is 1. The number of hydrogen-bond acceptors (Lipinski definition) is 10. The van der Waals surface area contributed by atoms with Gasteiger partial charge in [0.25, 0.3) is 5.56 Å². The van der Waals surface area contributed by atoms with Crippen LogP contribution >= 0.6 is 11.3 Å². The number of thiophene rings is 1. The van der Waals surface area contributed by atoms with Crippen LogP contribution in [0, 0.1) is 12.7 Å². The molecule has 0 spiro atoms. The van der Waals surface area contributed by atoms with Gasteiger partial charge in [-0.05, 0) is 65.3 Å². The van der Waals surface area contributed by atoms with Crippen LogP contribution in [-0.2, 0) is 36.2 Å². The van der Waals surface area contributed by atoms with Gasteiger partial charge in [-0.25, -0.2) is 22.2 Å². The Bertz CT molecular complexity index is 1740. The zero-order chi connectivity index (χ0) is 33.1. The molecule has 0 radical (unpaired) electrons. The molecule has 2 atom stereocenters. The van der Waals surface area contributed by atoms with Gasteiger partial charge in [0, 0.05) is 24.5 Å². The molecule has 0 aliphatic carbocycles. The average molecular weight is 658 g/mol. The maximum atomic E-state index is 14.5. The topological polar surface area (TPSA) is 155 Å². The second-order valence-corrected chi connectivity index (χ2v) is 14.5. The summed E-state index contributed by atoms with van der Waals surface area (Å²) in [4.78, 5) is 42.0. The quantitative estimate of drug-likeness (QED) is 0.249. The van der Waals surface area contributed by atoms with E-state index in [1.54, 1.807) is 27.7 Å². The first-order chi connectivity index (χ1) is 20.4. The van der Waals surface area contributed by atoms with E-state index in [1.807, 2.05) is 0 Å². The smallest absolute Gasteiger partial charge is 0.333 e. The van der Waals surface area contributed by atoms with Crippen LogP contribution in [-0.4, -0.2) is 66.9 Å². The third-order valence-electron chi connectivity index (χ3n) is 6.99. The molecule has 0 aliphatic rings. The van der Waals surface area contributed by atoms with Crippen molar-refractivity contribution < 1.29 is 36.9 Å². The minimum Gasteiger partial charge on any atom is -0.496 e. The summed E-state index contributed by atoms with van der Waals surface area (Å²) in [5.74, 6) is -1.33. The van der Waals surface area contributed by atoms with Gasteiger partial charge in [0.15, 0.2) is 6.29 Å². The van der Waals surface area contributed by atoms with Gasteiger partial charge in [0.05, 0.1) is 36.3 Å². The van der Waals surface area contributed by atoms with E-state index < -0.39 is 50.7 Å². The Labute approximate surface area is 259 Å². The minimum absolute atomic E-state index is 0.0786. The molecule has 44 heavy (non-hydrogen) atoms. The monoisotopic (exact) mass is 657 g/mol. The van der Waals surface area contributed by atoms with Gasteiger partial charge in [0.1, 0.15) is 37.9 Å². The molecule has 12 nitrogen and oxygen atoms in total. The average Bonchev–Trinajstić information content (AvgIpc) is 3.26. The molecule has 1 aromatic carbocycles. The van der Waals surface area contributed by atoms with Crippen LogP contribution in [0.1, 0.15) is 63.0 Å². The van der Waals surface area contributed by atoms with Crippen LogP contribution in [0.2, 0.25) is 0 Å². The van der Waals surface area contributed by atoms with Crippen LogP contribution in [0.15, 0.2) is 27.8 Å². The van der Waals surface area contributed by atoms with Crippen LogP contribution in [0.3, 0.4) is 0 Å². The van der Waals surface area contributed by atoms with Crippen molar-refractivity contribution in [3.05, 3.63) is 60.9 Å². The van der Waals surface area contributed by atoms with Crippen molar-refractivity contribution in [2.24, 2.45) is 0 Å². The predicted molar refractivity (Wildman–Crippen MR) is 166 cm³/mol. The van der Waals surface area contributed by atoms with Gasteiger partial charge in [0.2, 0.25) is 5.91 Å². The first-order valence-corrected chi connectivity index (χ1v) is 16.8. The van der Waals surface area contributed by atoms with Crippen LogP contribution in [0.4, 0.5) is 4.39 Å². The van der Waals surface area contributed by atoms with Crippen molar-refractivity contribution in [3.8, 4) is 5.75 Å². The SMILES string of the molecule is CCOC(O)c1sc2c(c1C)c(=O)n(C(C)(C)C(=O)NC(C)C)c(=O)n2C[C@H](OCCS(C)(=O)=O)c1cc(F)ccc1OC.